The van der Waals surface area contributed by atoms with Crippen LogP contribution < -0.4 is 10.5 Å². The van der Waals surface area contributed by atoms with Crippen LogP contribution in [0.15, 0.2) is 24.5 Å². The van der Waals surface area contributed by atoms with Gasteiger partial charge in [-0.15, -0.1) is 0 Å². The van der Waals surface area contributed by atoms with Gasteiger partial charge in [0.25, 0.3) is 0 Å². The second-order valence-electron chi connectivity index (χ2n) is 5.06. The summed E-state index contributed by atoms with van der Waals surface area (Å²) in [6.07, 6.45) is 4.49. The average molecular weight is 285 g/mol. The minimum atomic E-state index is 0.355. The molecule has 6 heteroatoms. The Balaban J connectivity index is 1.74. The Morgan fingerprint density at radius 3 is 3.14 bits per heavy atom. The first-order chi connectivity index (χ1) is 10.3. The highest BCUT2D eigenvalue weighted by molar-refractivity contribution is 5.29. The molecule has 0 radical (unpaired) electrons. The minimum Gasteiger partial charge on any atom is -0.478 e. The summed E-state index contributed by atoms with van der Waals surface area (Å²) < 4.78 is 5.58. The van der Waals surface area contributed by atoms with Crippen LogP contribution in [-0.4, -0.2) is 33.0 Å². The van der Waals surface area contributed by atoms with Crippen LogP contribution in [0.4, 0.5) is 5.95 Å². The fourth-order valence-electron chi connectivity index (χ4n) is 2.58. The molecule has 0 amide bonds. The van der Waals surface area contributed by atoms with Gasteiger partial charge in [-0.05, 0) is 13.0 Å². The van der Waals surface area contributed by atoms with E-state index in [4.69, 9.17) is 10.5 Å². The number of hydrogen-bond donors (Lipinski definition) is 1. The molecule has 2 aromatic rings. The van der Waals surface area contributed by atoms with E-state index < -0.39 is 0 Å². The molecular formula is C15H19N5O. The molecule has 0 aromatic carbocycles. The minimum absolute atomic E-state index is 0.355. The molecule has 6 nitrogen and oxygen atoms in total. The van der Waals surface area contributed by atoms with Gasteiger partial charge < -0.3 is 10.5 Å². The number of ether oxygens (including phenoxy) is 1. The molecule has 0 bridgehead atoms. The summed E-state index contributed by atoms with van der Waals surface area (Å²) in [6, 6.07) is 4.01. The summed E-state index contributed by atoms with van der Waals surface area (Å²) in [5.74, 6) is 1.08. The van der Waals surface area contributed by atoms with E-state index in [-0.39, 0.29) is 0 Å². The van der Waals surface area contributed by atoms with E-state index in [1.807, 2.05) is 19.2 Å². The lowest BCUT2D eigenvalue weighted by Crippen LogP contribution is -2.31. The van der Waals surface area contributed by atoms with E-state index in [1.165, 1.54) is 0 Å². The standard InChI is InChI=1S/C15H19N5O/c1-2-21-14-11(4-3-6-17-14)9-20-7-5-13-12(10-20)8-18-15(16)19-13/h3-4,6,8H,2,5,7,9-10H2,1H3,(H2,16,18,19). The molecule has 0 unspecified atom stereocenters. The maximum atomic E-state index is 5.63. The van der Waals surface area contributed by atoms with Crippen molar-refractivity contribution in [3.8, 4) is 5.88 Å². The fourth-order valence-corrected chi connectivity index (χ4v) is 2.58. The van der Waals surface area contributed by atoms with Crippen molar-refractivity contribution >= 4 is 5.95 Å². The zero-order valence-corrected chi connectivity index (χ0v) is 12.1. The molecule has 3 rings (SSSR count). The highest BCUT2D eigenvalue weighted by Gasteiger charge is 2.19. The Morgan fingerprint density at radius 1 is 1.38 bits per heavy atom. The zero-order valence-electron chi connectivity index (χ0n) is 12.1. The third-order valence-corrected chi connectivity index (χ3v) is 3.56. The molecule has 3 heterocycles. The number of anilines is 1. The van der Waals surface area contributed by atoms with Crippen LogP contribution in [-0.2, 0) is 19.5 Å². The molecule has 0 saturated carbocycles. The normalized spacial score (nSPS) is 14.7. The van der Waals surface area contributed by atoms with E-state index in [0.717, 1.165) is 48.8 Å². The number of nitrogen functional groups attached to an aromatic ring is 1. The highest BCUT2D eigenvalue weighted by atomic mass is 16.5. The average Bonchev–Trinajstić information content (AvgIpc) is 2.50. The molecule has 110 valence electrons. The van der Waals surface area contributed by atoms with E-state index in [2.05, 4.69) is 25.9 Å². The first-order valence-electron chi connectivity index (χ1n) is 7.15. The number of aromatic nitrogens is 3. The van der Waals surface area contributed by atoms with E-state index in [0.29, 0.717) is 12.6 Å². The lowest BCUT2D eigenvalue weighted by molar-refractivity contribution is 0.235. The van der Waals surface area contributed by atoms with Gasteiger partial charge in [-0.25, -0.2) is 15.0 Å². The second-order valence-corrected chi connectivity index (χ2v) is 5.06. The highest BCUT2D eigenvalue weighted by Crippen LogP contribution is 2.22. The molecule has 21 heavy (non-hydrogen) atoms. The Kier molecular flexibility index (Phi) is 3.96. The predicted molar refractivity (Wildman–Crippen MR) is 79.7 cm³/mol. The van der Waals surface area contributed by atoms with Gasteiger partial charge in [0.1, 0.15) is 0 Å². The lowest BCUT2D eigenvalue weighted by Gasteiger charge is -2.28. The molecule has 0 fully saturated rings. The van der Waals surface area contributed by atoms with Crippen LogP contribution in [0.5, 0.6) is 5.88 Å². The monoisotopic (exact) mass is 285 g/mol. The number of pyridine rings is 1. The van der Waals surface area contributed by atoms with Gasteiger partial charge in [0.15, 0.2) is 0 Å². The van der Waals surface area contributed by atoms with Crippen LogP contribution in [0.2, 0.25) is 0 Å². The van der Waals surface area contributed by atoms with Crippen molar-refractivity contribution in [2.24, 2.45) is 0 Å². The largest absolute Gasteiger partial charge is 0.478 e. The first kappa shape index (κ1) is 13.8. The third kappa shape index (κ3) is 3.11. The van der Waals surface area contributed by atoms with Gasteiger partial charge in [0.05, 0.1) is 12.3 Å². The van der Waals surface area contributed by atoms with Crippen molar-refractivity contribution in [3.63, 3.8) is 0 Å². The molecule has 1 aliphatic heterocycles. The van der Waals surface area contributed by atoms with Gasteiger partial charge in [0, 0.05) is 49.6 Å². The van der Waals surface area contributed by atoms with Crippen LogP contribution >= 0.6 is 0 Å². The number of hydrogen-bond acceptors (Lipinski definition) is 6. The lowest BCUT2D eigenvalue weighted by atomic mass is 10.1. The number of fused-ring (bicyclic) bond motifs is 1. The summed E-state index contributed by atoms with van der Waals surface area (Å²) in [6.45, 7) is 5.18. The molecule has 0 saturated heterocycles. The first-order valence-corrected chi connectivity index (χ1v) is 7.15. The molecule has 1 aliphatic rings. The van der Waals surface area contributed by atoms with Gasteiger partial charge in [-0.1, -0.05) is 6.07 Å². The van der Waals surface area contributed by atoms with Crippen molar-refractivity contribution in [2.75, 3.05) is 18.9 Å². The molecule has 2 aromatic heterocycles. The van der Waals surface area contributed by atoms with Crippen molar-refractivity contribution in [1.29, 1.82) is 0 Å². The summed E-state index contributed by atoms with van der Waals surface area (Å²) in [5, 5.41) is 0. The van der Waals surface area contributed by atoms with Crippen LogP contribution in [0.3, 0.4) is 0 Å². The van der Waals surface area contributed by atoms with Crippen LogP contribution in [0.25, 0.3) is 0 Å². The van der Waals surface area contributed by atoms with E-state index >= 15 is 0 Å². The van der Waals surface area contributed by atoms with Crippen molar-refractivity contribution in [1.82, 2.24) is 19.9 Å². The topological polar surface area (TPSA) is 77.2 Å². The second kappa shape index (κ2) is 6.05. The quantitative estimate of drug-likeness (QED) is 0.915. The van der Waals surface area contributed by atoms with Gasteiger partial charge in [0.2, 0.25) is 11.8 Å². The van der Waals surface area contributed by atoms with Crippen LogP contribution in [0.1, 0.15) is 23.7 Å². The summed E-state index contributed by atoms with van der Waals surface area (Å²) in [7, 11) is 0. The van der Waals surface area contributed by atoms with Crippen molar-refractivity contribution < 1.29 is 4.74 Å². The summed E-state index contributed by atoms with van der Waals surface area (Å²) in [5.41, 5.74) is 8.96. The Hall–Kier alpha value is -2.21. The predicted octanol–water partition coefficient (Wildman–Crippen LogP) is 1.41. The van der Waals surface area contributed by atoms with Gasteiger partial charge >= 0.3 is 0 Å². The fraction of sp³-hybridized carbons (Fsp3) is 0.400. The van der Waals surface area contributed by atoms with E-state index in [1.54, 1.807) is 6.20 Å². The molecule has 0 atom stereocenters. The van der Waals surface area contributed by atoms with Crippen LogP contribution in [0, 0.1) is 0 Å². The number of rotatable bonds is 4. The van der Waals surface area contributed by atoms with Gasteiger partial charge in [-0.3, -0.25) is 4.90 Å². The maximum Gasteiger partial charge on any atom is 0.220 e. The van der Waals surface area contributed by atoms with Crippen molar-refractivity contribution in [3.05, 3.63) is 41.3 Å². The Morgan fingerprint density at radius 2 is 2.29 bits per heavy atom. The summed E-state index contributed by atoms with van der Waals surface area (Å²) in [4.78, 5) is 15.0. The third-order valence-electron chi connectivity index (χ3n) is 3.56. The van der Waals surface area contributed by atoms with Gasteiger partial charge in [-0.2, -0.15) is 0 Å². The molecule has 0 aliphatic carbocycles. The Labute approximate surface area is 124 Å². The zero-order chi connectivity index (χ0) is 14.7. The molecule has 0 spiro atoms. The number of nitrogens with zero attached hydrogens (tertiary/aromatic N) is 4. The summed E-state index contributed by atoms with van der Waals surface area (Å²) >= 11 is 0. The maximum absolute atomic E-state index is 5.63. The van der Waals surface area contributed by atoms with E-state index in [9.17, 15) is 0 Å². The molecular weight excluding hydrogens is 266 g/mol. The molecule has 2 N–H and O–H groups in total. The Bertz CT molecular complexity index is 631. The smallest absolute Gasteiger partial charge is 0.220 e. The number of nitrogens with two attached hydrogens (primary N) is 1. The SMILES string of the molecule is CCOc1ncccc1CN1CCc2nc(N)ncc2C1. The van der Waals surface area contributed by atoms with Crippen molar-refractivity contribution in [2.45, 2.75) is 26.4 Å².